The first kappa shape index (κ1) is 13.2. The van der Waals surface area contributed by atoms with E-state index < -0.39 is 0 Å². The minimum atomic E-state index is 0.364. The number of furan rings is 1. The van der Waals surface area contributed by atoms with Gasteiger partial charge in [0.05, 0.1) is 22.2 Å². The number of fused-ring (bicyclic) bond motifs is 3. The highest BCUT2D eigenvalue weighted by atomic mass is 16.3. The molecule has 4 heteroatoms. The zero-order valence-electron chi connectivity index (χ0n) is 11.9. The zero-order valence-corrected chi connectivity index (χ0v) is 11.9. The highest BCUT2D eigenvalue weighted by Crippen LogP contribution is 2.29. The molecule has 0 spiro atoms. The normalized spacial score (nSPS) is 12.6. The summed E-state index contributed by atoms with van der Waals surface area (Å²) in [6.07, 6.45) is 9.07. The molecule has 0 bridgehead atoms. The summed E-state index contributed by atoms with van der Waals surface area (Å²) in [6.45, 7) is 3.92. The quantitative estimate of drug-likeness (QED) is 0.574. The maximum atomic E-state index is 8.30. The first-order valence-electron chi connectivity index (χ1n) is 6.73. The van der Waals surface area contributed by atoms with E-state index in [4.69, 9.17) is 9.83 Å². The molecule has 0 aliphatic carbocycles. The number of pyridine rings is 2. The molecule has 3 aromatic rings. The lowest BCUT2D eigenvalue weighted by molar-refractivity contribution is 0.653. The van der Waals surface area contributed by atoms with Crippen molar-refractivity contribution in [2.75, 3.05) is 0 Å². The van der Waals surface area contributed by atoms with Crippen LogP contribution in [0.25, 0.3) is 22.1 Å². The van der Waals surface area contributed by atoms with Crippen molar-refractivity contribution in [1.82, 2.24) is 9.97 Å². The zero-order chi connectivity index (χ0) is 14.8. The molecule has 0 aliphatic rings. The van der Waals surface area contributed by atoms with Gasteiger partial charge in [0, 0.05) is 12.4 Å². The van der Waals surface area contributed by atoms with Gasteiger partial charge in [0.25, 0.3) is 0 Å². The van der Waals surface area contributed by atoms with Crippen molar-refractivity contribution in [3.63, 3.8) is 0 Å². The molecule has 4 nitrogen and oxygen atoms in total. The van der Waals surface area contributed by atoms with E-state index in [1.165, 1.54) is 0 Å². The van der Waals surface area contributed by atoms with Crippen LogP contribution >= 0.6 is 0 Å². The maximum Gasteiger partial charge on any atom is 0.227 e. The Balaban J connectivity index is 2.23. The van der Waals surface area contributed by atoms with E-state index >= 15 is 0 Å². The molecule has 3 aromatic heterocycles. The van der Waals surface area contributed by atoms with Gasteiger partial charge in [-0.05, 0) is 43.7 Å². The van der Waals surface area contributed by atoms with E-state index in [0.717, 1.165) is 16.3 Å². The number of rotatable bonds is 3. The molecule has 104 valence electrons. The summed E-state index contributed by atoms with van der Waals surface area (Å²) >= 11 is 0. The van der Waals surface area contributed by atoms with Gasteiger partial charge in [0.15, 0.2) is 0 Å². The third kappa shape index (κ3) is 2.36. The van der Waals surface area contributed by atoms with Gasteiger partial charge in [-0.15, -0.1) is 0 Å². The van der Waals surface area contributed by atoms with Gasteiger partial charge in [-0.25, -0.2) is 4.98 Å². The largest absolute Gasteiger partial charge is 0.438 e. The van der Waals surface area contributed by atoms with Crippen LogP contribution in [0, 0.1) is 5.41 Å². The predicted octanol–water partition coefficient (Wildman–Crippen LogP) is 4.27. The van der Waals surface area contributed by atoms with Crippen LogP contribution in [0.5, 0.6) is 0 Å². The molecule has 0 amide bonds. The first-order chi connectivity index (χ1) is 10.2. The Morgan fingerprint density at radius 3 is 2.90 bits per heavy atom. The molecule has 0 atom stereocenters. The van der Waals surface area contributed by atoms with Gasteiger partial charge in [0.2, 0.25) is 5.71 Å². The maximum absolute atomic E-state index is 8.30. The summed E-state index contributed by atoms with van der Waals surface area (Å²) in [5.41, 5.74) is 3.26. The van der Waals surface area contributed by atoms with E-state index in [1.54, 1.807) is 24.5 Å². The van der Waals surface area contributed by atoms with Gasteiger partial charge in [-0.1, -0.05) is 12.2 Å². The smallest absolute Gasteiger partial charge is 0.227 e. The van der Waals surface area contributed by atoms with Gasteiger partial charge in [-0.2, -0.15) is 0 Å². The third-order valence-electron chi connectivity index (χ3n) is 3.22. The van der Waals surface area contributed by atoms with E-state index in [1.807, 2.05) is 38.1 Å². The molecule has 0 unspecified atom stereocenters. The summed E-state index contributed by atoms with van der Waals surface area (Å²) in [6, 6.07) is 5.60. The number of aromatic nitrogens is 2. The van der Waals surface area contributed by atoms with Crippen LogP contribution in [0.4, 0.5) is 0 Å². The van der Waals surface area contributed by atoms with Gasteiger partial charge in [-0.3, -0.25) is 10.4 Å². The first-order valence-corrected chi connectivity index (χ1v) is 6.73. The van der Waals surface area contributed by atoms with Crippen LogP contribution in [0.2, 0.25) is 0 Å². The van der Waals surface area contributed by atoms with Crippen LogP contribution in [-0.4, -0.2) is 15.7 Å². The van der Waals surface area contributed by atoms with Crippen molar-refractivity contribution >= 4 is 27.8 Å². The van der Waals surface area contributed by atoms with Crippen molar-refractivity contribution in [3.05, 3.63) is 60.1 Å². The van der Waals surface area contributed by atoms with Crippen LogP contribution in [0.15, 0.2) is 58.8 Å². The second-order valence-electron chi connectivity index (χ2n) is 4.79. The minimum Gasteiger partial charge on any atom is -0.438 e. The molecule has 3 rings (SSSR count). The van der Waals surface area contributed by atoms with E-state index in [0.29, 0.717) is 22.7 Å². The molecule has 0 radical (unpaired) electrons. The van der Waals surface area contributed by atoms with Crippen molar-refractivity contribution in [2.45, 2.75) is 13.8 Å². The lowest BCUT2D eigenvalue weighted by Gasteiger charge is -2.01. The van der Waals surface area contributed by atoms with Gasteiger partial charge < -0.3 is 4.42 Å². The van der Waals surface area contributed by atoms with Crippen molar-refractivity contribution < 1.29 is 4.42 Å². The molecule has 21 heavy (non-hydrogen) atoms. The highest BCUT2D eigenvalue weighted by Gasteiger charge is 2.14. The monoisotopic (exact) mass is 277 g/mol. The van der Waals surface area contributed by atoms with Gasteiger partial charge >= 0.3 is 0 Å². The number of allylic oxidation sites excluding steroid dienone is 4. The van der Waals surface area contributed by atoms with Crippen molar-refractivity contribution in [3.8, 4) is 0 Å². The molecule has 0 saturated heterocycles. The van der Waals surface area contributed by atoms with Gasteiger partial charge in [0.1, 0.15) is 5.58 Å². The predicted molar refractivity (Wildman–Crippen MR) is 84.7 cm³/mol. The van der Waals surface area contributed by atoms with Crippen LogP contribution < -0.4 is 0 Å². The Labute approximate surface area is 122 Å². The summed E-state index contributed by atoms with van der Waals surface area (Å²) in [7, 11) is 0. The minimum absolute atomic E-state index is 0.364. The number of hydrogen-bond donors (Lipinski definition) is 1. The van der Waals surface area contributed by atoms with Crippen LogP contribution in [0.3, 0.4) is 0 Å². The number of hydrogen-bond acceptors (Lipinski definition) is 4. The highest BCUT2D eigenvalue weighted by molar-refractivity contribution is 6.19. The number of nitrogens with zero attached hydrogens (tertiary/aromatic N) is 2. The summed E-state index contributed by atoms with van der Waals surface area (Å²) in [5, 5.41) is 10.0. The Morgan fingerprint density at radius 1 is 1.24 bits per heavy atom. The SMILES string of the molecule is C/C=C\C(C)=C\C(=N)c1nccc2oc3ncccc3c12. The molecule has 1 N–H and O–H groups in total. The van der Waals surface area contributed by atoms with E-state index in [-0.39, 0.29) is 0 Å². The summed E-state index contributed by atoms with van der Waals surface area (Å²) < 4.78 is 5.71. The molecular formula is C17H15N3O. The summed E-state index contributed by atoms with van der Waals surface area (Å²) in [4.78, 5) is 8.58. The standard InChI is InChI=1S/C17H15N3O/c1-3-5-11(2)10-13(18)16-15-12-6-4-8-20-17(12)21-14(15)7-9-19-16/h3-10,18H,1-2H3/b5-3-,11-10+,18-13?. The van der Waals surface area contributed by atoms with Crippen molar-refractivity contribution in [2.24, 2.45) is 0 Å². The molecule has 0 saturated carbocycles. The molecular weight excluding hydrogens is 262 g/mol. The third-order valence-corrected chi connectivity index (χ3v) is 3.22. The van der Waals surface area contributed by atoms with E-state index in [9.17, 15) is 0 Å². The molecule has 0 fully saturated rings. The van der Waals surface area contributed by atoms with Crippen LogP contribution in [0.1, 0.15) is 19.5 Å². The Hall–Kier alpha value is -2.75. The second-order valence-corrected chi connectivity index (χ2v) is 4.79. The Morgan fingerprint density at radius 2 is 2.10 bits per heavy atom. The van der Waals surface area contributed by atoms with E-state index in [2.05, 4.69) is 9.97 Å². The Kier molecular flexibility index (Phi) is 3.36. The van der Waals surface area contributed by atoms with Crippen LogP contribution in [-0.2, 0) is 0 Å². The second kappa shape index (κ2) is 5.32. The molecule has 0 aromatic carbocycles. The number of nitrogens with one attached hydrogen (secondary N) is 1. The average Bonchev–Trinajstić information content (AvgIpc) is 2.85. The fourth-order valence-corrected chi connectivity index (χ4v) is 2.37. The Bertz CT molecular complexity index is 887. The lowest BCUT2D eigenvalue weighted by Crippen LogP contribution is -1.99. The molecule has 0 aliphatic heterocycles. The summed E-state index contributed by atoms with van der Waals surface area (Å²) in [5.74, 6) is 0. The fraction of sp³-hybridized carbons (Fsp3) is 0.118. The average molecular weight is 277 g/mol. The lowest BCUT2D eigenvalue weighted by atomic mass is 10.1. The topological polar surface area (TPSA) is 62.8 Å². The molecule has 3 heterocycles. The van der Waals surface area contributed by atoms with Crippen molar-refractivity contribution in [1.29, 1.82) is 5.41 Å². The fourth-order valence-electron chi connectivity index (χ4n) is 2.37.